The number of thioether (sulfide) groups is 1. The third-order valence-electron chi connectivity index (χ3n) is 2.52. The highest BCUT2D eigenvalue weighted by molar-refractivity contribution is 7.99. The molecule has 5 nitrogen and oxygen atoms in total. The van der Waals surface area contributed by atoms with Gasteiger partial charge in [0.25, 0.3) is 0 Å². The van der Waals surface area contributed by atoms with Gasteiger partial charge in [0.05, 0.1) is 0 Å². The molecule has 96 valence electrons. The van der Waals surface area contributed by atoms with Crippen molar-refractivity contribution in [2.45, 2.75) is 24.3 Å². The van der Waals surface area contributed by atoms with Crippen LogP contribution >= 0.6 is 11.8 Å². The molecule has 0 N–H and O–H groups in total. The summed E-state index contributed by atoms with van der Waals surface area (Å²) >= 11 is 1.67. The van der Waals surface area contributed by atoms with Crippen molar-refractivity contribution in [2.75, 3.05) is 0 Å². The summed E-state index contributed by atoms with van der Waals surface area (Å²) in [4.78, 5) is 11.4. The maximum atomic E-state index is 11.4. The highest BCUT2D eigenvalue weighted by Gasteiger charge is 2.12. The predicted molar refractivity (Wildman–Crippen MR) is 72.7 cm³/mol. The third-order valence-corrected chi connectivity index (χ3v) is 3.56. The number of aryl methyl sites for hydroxylation is 1. The van der Waals surface area contributed by atoms with Crippen molar-refractivity contribution in [2.24, 2.45) is 14.1 Å². The van der Waals surface area contributed by atoms with Gasteiger partial charge in [0, 0.05) is 37.2 Å². The first kappa shape index (κ1) is 12.9. The van der Waals surface area contributed by atoms with Gasteiger partial charge in [-0.05, 0) is 6.07 Å². The molecule has 0 saturated heterocycles. The van der Waals surface area contributed by atoms with E-state index in [1.807, 2.05) is 11.6 Å². The summed E-state index contributed by atoms with van der Waals surface area (Å²) in [5, 5.41) is 9.70. The molecule has 2 aromatic heterocycles. The fourth-order valence-corrected chi connectivity index (χ4v) is 2.36. The lowest BCUT2D eigenvalue weighted by Gasteiger charge is -2.06. The van der Waals surface area contributed by atoms with Crippen molar-refractivity contribution in [1.82, 2.24) is 19.3 Å². The third kappa shape index (κ3) is 2.48. The second-order valence-electron chi connectivity index (χ2n) is 4.40. The molecular weight excluding hydrogens is 248 g/mol. The first-order valence-electron chi connectivity index (χ1n) is 5.72. The summed E-state index contributed by atoms with van der Waals surface area (Å²) in [6, 6.07) is 3.31. The van der Waals surface area contributed by atoms with E-state index in [-0.39, 0.29) is 5.56 Å². The van der Waals surface area contributed by atoms with Gasteiger partial charge in [-0.15, -0.1) is 10.2 Å². The first-order chi connectivity index (χ1) is 8.49. The summed E-state index contributed by atoms with van der Waals surface area (Å²) in [5.74, 6) is 0.772. The molecule has 0 saturated carbocycles. The second kappa shape index (κ2) is 4.97. The molecule has 0 aliphatic rings. The lowest BCUT2D eigenvalue weighted by atomic mass is 10.2. The molecule has 0 aliphatic heterocycles. The normalized spacial score (nSPS) is 11.2. The summed E-state index contributed by atoms with van der Waals surface area (Å²) in [7, 11) is 3.66. The van der Waals surface area contributed by atoms with E-state index in [9.17, 15) is 4.79 Å². The van der Waals surface area contributed by atoms with E-state index in [2.05, 4.69) is 24.0 Å². The van der Waals surface area contributed by atoms with Gasteiger partial charge in [-0.3, -0.25) is 4.79 Å². The molecule has 0 atom stereocenters. The highest BCUT2D eigenvalue weighted by atomic mass is 32.2. The fourth-order valence-electron chi connectivity index (χ4n) is 1.61. The number of nitrogens with zero attached hydrogens (tertiary/aromatic N) is 4. The van der Waals surface area contributed by atoms with Gasteiger partial charge in [-0.1, -0.05) is 25.6 Å². The first-order valence-corrected chi connectivity index (χ1v) is 6.60. The van der Waals surface area contributed by atoms with Crippen molar-refractivity contribution in [3.63, 3.8) is 0 Å². The van der Waals surface area contributed by atoms with Crippen molar-refractivity contribution >= 4 is 11.8 Å². The second-order valence-corrected chi connectivity index (χ2v) is 5.94. The fraction of sp³-hybridized carbons (Fsp3) is 0.417. The zero-order valence-electron chi connectivity index (χ0n) is 10.9. The monoisotopic (exact) mass is 264 g/mol. The zero-order chi connectivity index (χ0) is 13.3. The van der Waals surface area contributed by atoms with Gasteiger partial charge in [-0.2, -0.15) is 0 Å². The van der Waals surface area contributed by atoms with E-state index in [1.54, 1.807) is 41.7 Å². The van der Waals surface area contributed by atoms with Crippen molar-refractivity contribution in [3.8, 4) is 11.4 Å². The van der Waals surface area contributed by atoms with E-state index < -0.39 is 0 Å². The highest BCUT2D eigenvalue weighted by Crippen LogP contribution is 2.24. The predicted octanol–water partition coefficient (Wildman–Crippen LogP) is 1.68. The molecule has 18 heavy (non-hydrogen) atoms. The van der Waals surface area contributed by atoms with Crippen LogP contribution < -0.4 is 5.56 Å². The number of hydrogen-bond acceptors (Lipinski definition) is 4. The standard InChI is InChI=1S/C12H16N4OS/c1-8(2)18-12-14-13-11(16(12)4)9-5-6-10(17)15(3)7-9/h5-8H,1-4H3. The number of aromatic nitrogens is 4. The Labute approximate surface area is 110 Å². The maximum Gasteiger partial charge on any atom is 0.250 e. The lowest BCUT2D eigenvalue weighted by Crippen LogP contribution is -2.14. The Hall–Kier alpha value is -1.56. The molecule has 0 unspecified atom stereocenters. The molecule has 6 heteroatoms. The molecule has 2 aromatic rings. The Bertz CT molecular complexity index is 615. The van der Waals surface area contributed by atoms with Crippen LogP contribution in [0.25, 0.3) is 11.4 Å². The van der Waals surface area contributed by atoms with Gasteiger partial charge in [0.1, 0.15) is 0 Å². The molecule has 0 aromatic carbocycles. The molecule has 0 fully saturated rings. The van der Waals surface area contributed by atoms with Gasteiger partial charge in [-0.25, -0.2) is 0 Å². The van der Waals surface area contributed by atoms with Crippen LogP contribution in [0, 0.1) is 0 Å². The summed E-state index contributed by atoms with van der Waals surface area (Å²) < 4.78 is 3.49. The van der Waals surface area contributed by atoms with Crippen LogP contribution in [-0.2, 0) is 14.1 Å². The van der Waals surface area contributed by atoms with Gasteiger partial charge in [0.15, 0.2) is 11.0 Å². The number of pyridine rings is 1. The van der Waals surface area contributed by atoms with Crippen LogP contribution in [0.1, 0.15) is 13.8 Å². The smallest absolute Gasteiger partial charge is 0.250 e. The van der Waals surface area contributed by atoms with Crippen molar-refractivity contribution < 1.29 is 0 Å². The van der Waals surface area contributed by atoms with Crippen LogP contribution in [0.3, 0.4) is 0 Å². The number of rotatable bonds is 3. The van der Waals surface area contributed by atoms with Crippen LogP contribution in [0.4, 0.5) is 0 Å². The minimum atomic E-state index is -0.0299. The van der Waals surface area contributed by atoms with E-state index in [0.29, 0.717) is 5.25 Å². The minimum absolute atomic E-state index is 0.0299. The Morgan fingerprint density at radius 3 is 2.56 bits per heavy atom. The molecular formula is C12H16N4OS. The van der Waals surface area contributed by atoms with Crippen molar-refractivity contribution in [3.05, 3.63) is 28.7 Å². The molecule has 2 rings (SSSR count). The Morgan fingerprint density at radius 1 is 1.22 bits per heavy atom. The molecule has 0 aliphatic carbocycles. The lowest BCUT2D eigenvalue weighted by molar-refractivity contribution is 0.788. The summed E-state index contributed by atoms with van der Waals surface area (Å²) in [6.45, 7) is 4.23. The summed E-state index contributed by atoms with van der Waals surface area (Å²) in [6.07, 6.45) is 1.77. The molecule has 0 amide bonds. The van der Waals surface area contributed by atoms with Gasteiger partial charge < -0.3 is 9.13 Å². The van der Waals surface area contributed by atoms with Crippen LogP contribution in [0.5, 0.6) is 0 Å². The topological polar surface area (TPSA) is 52.7 Å². The average Bonchev–Trinajstić information content (AvgIpc) is 2.64. The maximum absolute atomic E-state index is 11.4. The van der Waals surface area contributed by atoms with Crippen molar-refractivity contribution in [1.29, 1.82) is 0 Å². The molecule has 0 spiro atoms. The SMILES string of the molecule is CC(C)Sc1nnc(-c2ccc(=O)n(C)c2)n1C. The van der Waals surface area contributed by atoms with Gasteiger partial charge >= 0.3 is 0 Å². The number of hydrogen-bond donors (Lipinski definition) is 0. The van der Waals surface area contributed by atoms with Crippen LogP contribution in [-0.4, -0.2) is 24.6 Å². The minimum Gasteiger partial charge on any atom is -0.318 e. The van der Waals surface area contributed by atoms with E-state index in [4.69, 9.17) is 0 Å². The van der Waals surface area contributed by atoms with Gasteiger partial charge in [0.2, 0.25) is 5.56 Å². The van der Waals surface area contributed by atoms with Crippen LogP contribution in [0.15, 0.2) is 28.3 Å². The Kier molecular flexibility index (Phi) is 3.56. The largest absolute Gasteiger partial charge is 0.318 e. The zero-order valence-corrected chi connectivity index (χ0v) is 11.7. The Balaban J connectivity index is 2.42. The quantitative estimate of drug-likeness (QED) is 0.792. The molecule has 2 heterocycles. The van der Waals surface area contributed by atoms with Crippen LogP contribution in [0.2, 0.25) is 0 Å². The van der Waals surface area contributed by atoms with E-state index in [1.165, 1.54) is 0 Å². The molecule has 0 radical (unpaired) electrons. The average molecular weight is 264 g/mol. The van der Waals surface area contributed by atoms with E-state index >= 15 is 0 Å². The summed E-state index contributed by atoms with van der Waals surface area (Å²) in [5.41, 5.74) is 0.861. The Morgan fingerprint density at radius 2 is 1.94 bits per heavy atom. The van der Waals surface area contributed by atoms with E-state index in [0.717, 1.165) is 16.5 Å². The molecule has 0 bridgehead atoms.